The number of imide groups is 1. The van der Waals surface area contributed by atoms with Gasteiger partial charge in [0.15, 0.2) is 0 Å². The van der Waals surface area contributed by atoms with Crippen molar-refractivity contribution < 1.29 is 23.9 Å². The average molecular weight is 461 g/mol. The molecule has 176 valence electrons. The van der Waals surface area contributed by atoms with Crippen molar-refractivity contribution in [3.63, 3.8) is 0 Å². The second kappa shape index (κ2) is 8.70. The second-order valence-corrected chi connectivity index (χ2v) is 9.60. The first-order valence-electron chi connectivity index (χ1n) is 11.9. The standard InChI is InChI=1S/C27H28N2O5/c1-16-7-8-20(13-17(16)2)28-15-18(14-24(28)30)27(33)34-21-11-9-19(10-12-21)29-25(31)22-5-3-4-6-23(22)26(29)32/h7-13,18,22-23H,3-6,14-15H2,1-2H3/t18-,22-,23+/m1/s1. The third kappa shape index (κ3) is 3.89. The smallest absolute Gasteiger partial charge is 0.316 e. The Labute approximate surface area is 198 Å². The van der Waals surface area contributed by atoms with Crippen LogP contribution < -0.4 is 14.5 Å². The molecule has 2 aliphatic heterocycles. The molecule has 7 nitrogen and oxygen atoms in total. The lowest BCUT2D eigenvalue weighted by Gasteiger charge is -2.19. The Morgan fingerprint density at radius 2 is 1.47 bits per heavy atom. The van der Waals surface area contributed by atoms with E-state index >= 15 is 0 Å². The van der Waals surface area contributed by atoms with Gasteiger partial charge in [-0.2, -0.15) is 0 Å². The summed E-state index contributed by atoms with van der Waals surface area (Å²) < 4.78 is 5.53. The summed E-state index contributed by atoms with van der Waals surface area (Å²) in [6.07, 6.45) is 3.59. The van der Waals surface area contributed by atoms with Gasteiger partial charge >= 0.3 is 5.97 Å². The molecule has 34 heavy (non-hydrogen) atoms. The predicted molar refractivity (Wildman–Crippen MR) is 126 cm³/mol. The summed E-state index contributed by atoms with van der Waals surface area (Å²) in [5, 5.41) is 0. The first-order chi connectivity index (χ1) is 16.3. The Morgan fingerprint density at radius 1 is 0.853 bits per heavy atom. The minimum Gasteiger partial charge on any atom is -0.426 e. The number of ether oxygens (including phenoxy) is 1. The van der Waals surface area contributed by atoms with E-state index in [1.54, 1.807) is 29.2 Å². The zero-order valence-corrected chi connectivity index (χ0v) is 19.5. The van der Waals surface area contributed by atoms with Gasteiger partial charge in [-0.05, 0) is 74.2 Å². The number of benzene rings is 2. The highest BCUT2D eigenvalue weighted by Crippen LogP contribution is 2.40. The number of nitrogens with zero attached hydrogens (tertiary/aromatic N) is 2. The van der Waals surface area contributed by atoms with Crippen molar-refractivity contribution in [3.05, 3.63) is 53.6 Å². The van der Waals surface area contributed by atoms with Gasteiger partial charge in [0, 0.05) is 18.7 Å². The van der Waals surface area contributed by atoms with Gasteiger partial charge in [0.25, 0.3) is 0 Å². The SMILES string of the molecule is Cc1ccc(N2C[C@H](C(=O)Oc3ccc(N4C(=O)[C@H]5CCCC[C@H]5C4=O)cc3)CC2=O)cc1C. The van der Waals surface area contributed by atoms with Crippen molar-refractivity contribution in [1.82, 2.24) is 0 Å². The predicted octanol–water partition coefficient (Wildman–Crippen LogP) is 3.94. The minimum atomic E-state index is -0.557. The molecule has 7 heteroatoms. The summed E-state index contributed by atoms with van der Waals surface area (Å²) in [7, 11) is 0. The van der Waals surface area contributed by atoms with Crippen molar-refractivity contribution >= 4 is 35.1 Å². The van der Waals surface area contributed by atoms with Crippen molar-refractivity contribution in [2.45, 2.75) is 46.0 Å². The fraction of sp³-hybridized carbons (Fsp3) is 0.407. The second-order valence-electron chi connectivity index (χ2n) is 9.60. The molecule has 3 fully saturated rings. The Hall–Kier alpha value is -3.48. The van der Waals surface area contributed by atoms with E-state index < -0.39 is 11.9 Å². The van der Waals surface area contributed by atoms with Crippen LogP contribution in [0.4, 0.5) is 11.4 Å². The van der Waals surface area contributed by atoms with Crippen molar-refractivity contribution in [1.29, 1.82) is 0 Å². The quantitative estimate of drug-likeness (QED) is 0.392. The molecule has 0 spiro atoms. The molecule has 2 aromatic rings. The molecule has 5 rings (SSSR count). The highest BCUT2D eigenvalue weighted by molar-refractivity contribution is 6.22. The van der Waals surface area contributed by atoms with Gasteiger partial charge in [-0.25, -0.2) is 0 Å². The number of carbonyl (C=O) groups is 4. The Morgan fingerprint density at radius 3 is 2.09 bits per heavy atom. The number of aryl methyl sites for hydroxylation is 2. The van der Waals surface area contributed by atoms with E-state index in [1.807, 2.05) is 32.0 Å². The van der Waals surface area contributed by atoms with Crippen LogP contribution in [0.3, 0.4) is 0 Å². The van der Waals surface area contributed by atoms with E-state index in [1.165, 1.54) is 4.90 Å². The van der Waals surface area contributed by atoms with Gasteiger partial charge in [-0.15, -0.1) is 0 Å². The van der Waals surface area contributed by atoms with Gasteiger partial charge in [0.1, 0.15) is 5.75 Å². The van der Waals surface area contributed by atoms with Crippen LogP contribution in [0.2, 0.25) is 0 Å². The molecule has 0 bridgehead atoms. The van der Waals surface area contributed by atoms with E-state index in [0.29, 0.717) is 11.4 Å². The summed E-state index contributed by atoms with van der Waals surface area (Å²) in [6.45, 7) is 4.28. The van der Waals surface area contributed by atoms with Crippen molar-refractivity contribution in [2.24, 2.45) is 17.8 Å². The fourth-order valence-electron chi connectivity index (χ4n) is 5.29. The van der Waals surface area contributed by atoms with Crippen LogP contribution in [-0.4, -0.2) is 30.2 Å². The number of esters is 1. The Kier molecular flexibility index (Phi) is 5.71. The van der Waals surface area contributed by atoms with Crippen LogP contribution in [0.5, 0.6) is 5.75 Å². The van der Waals surface area contributed by atoms with Gasteiger partial charge in [-0.1, -0.05) is 18.9 Å². The zero-order valence-electron chi connectivity index (χ0n) is 19.5. The van der Waals surface area contributed by atoms with E-state index in [2.05, 4.69) is 0 Å². The van der Waals surface area contributed by atoms with Gasteiger partial charge < -0.3 is 9.64 Å². The number of rotatable bonds is 4. The van der Waals surface area contributed by atoms with Gasteiger partial charge in [0.2, 0.25) is 17.7 Å². The van der Waals surface area contributed by atoms with E-state index in [9.17, 15) is 19.2 Å². The largest absolute Gasteiger partial charge is 0.426 e. The number of hydrogen-bond donors (Lipinski definition) is 0. The summed E-state index contributed by atoms with van der Waals surface area (Å²) in [5.74, 6) is -1.48. The zero-order chi connectivity index (χ0) is 24.0. The molecule has 3 amide bonds. The third-order valence-electron chi connectivity index (χ3n) is 7.42. The number of hydrogen-bond acceptors (Lipinski definition) is 5. The Balaban J connectivity index is 1.24. The number of amides is 3. The molecule has 0 aromatic heterocycles. The molecule has 3 atom stereocenters. The van der Waals surface area contributed by atoms with Crippen LogP contribution in [0, 0.1) is 31.6 Å². The highest BCUT2D eigenvalue weighted by Gasteiger charge is 2.48. The Bertz CT molecular complexity index is 1150. The molecule has 1 saturated carbocycles. The van der Waals surface area contributed by atoms with Gasteiger partial charge in [-0.3, -0.25) is 24.1 Å². The molecule has 0 radical (unpaired) electrons. The summed E-state index contributed by atoms with van der Waals surface area (Å²) in [5.41, 5.74) is 3.52. The first-order valence-corrected chi connectivity index (χ1v) is 11.9. The summed E-state index contributed by atoms with van der Waals surface area (Å²) in [4.78, 5) is 53.8. The van der Waals surface area contributed by atoms with Crippen LogP contribution in [0.1, 0.15) is 43.2 Å². The molecule has 2 aromatic carbocycles. The lowest BCUT2D eigenvalue weighted by atomic mass is 9.81. The lowest BCUT2D eigenvalue weighted by molar-refractivity contribution is -0.139. The maximum absolute atomic E-state index is 12.8. The minimum absolute atomic E-state index is 0.101. The van der Waals surface area contributed by atoms with Crippen LogP contribution in [0.25, 0.3) is 0 Å². The monoisotopic (exact) mass is 460 g/mol. The summed E-state index contributed by atoms with van der Waals surface area (Å²) in [6, 6.07) is 12.3. The maximum atomic E-state index is 12.8. The van der Waals surface area contributed by atoms with Crippen molar-refractivity contribution in [2.75, 3.05) is 16.3 Å². The fourth-order valence-corrected chi connectivity index (χ4v) is 5.29. The maximum Gasteiger partial charge on any atom is 0.316 e. The summed E-state index contributed by atoms with van der Waals surface area (Å²) >= 11 is 0. The third-order valence-corrected chi connectivity index (χ3v) is 7.42. The number of carbonyl (C=O) groups excluding carboxylic acids is 4. The molecule has 1 aliphatic carbocycles. The van der Waals surface area contributed by atoms with Gasteiger partial charge in [0.05, 0.1) is 23.4 Å². The lowest BCUT2D eigenvalue weighted by Crippen LogP contribution is -2.30. The van der Waals surface area contributed by atoms with E-state index in [0.717, 1.165) is 42.5 Å². The molecular formula is C27H28N2O5. The molecule has 0 unspecified atom stereocenters. The van der Waals surface area contributed by atoms with Crippen LogP contribution in [-0.2, 0) is 19.2 Å². The molecule has 0 N–H and O–H groups in total. The molecule has 2 saturated heterocycles. The van der Waals surface area contributed by atoms with E-state index in [4.69, 9.17) is 4.74 Å². The van der Waals surface area contributed by atoms with Crippen LogP contribution >= 0.6 is 0 Å². The molecular weight excluding hydrogens is 432 g/mol. The topological polar surface area (TPSA) is 84.0 Å². The first kappa shape index (κ1) is 22.3. The average Bonchev–Trinajstić information content (AvgIpc) is 3.34. The normalized spacial score (nSPS) is 24.5. The highest BCUT2D eigenvalue weighted by atomic mass is 16.5. The van der Waals surface area contributed by atoms with E-state index in [-0.39, 0.29) is 42.5 Å². The molecule has 3 aliphatic rings. The number of fused-ring (bicyclic) bond motifs is 1. The van der Waals surface area contributed by atoms with Crippen LogP contribution in [0.15, 0.2) is 42.5 Å². The van der Waals surface area contributed by atoms with Crippen molar-refractivity contribution in [3.8, 4) is 5.75 Å². The molecule has 2 heterocycles. The number of anilines is 2.